The fourth-order valence-corrected chi connectivity index (χ4v) is 1.19. The van der Waals surface area contributed by atoms with E-state index in [0.717, 1.165) is 7.11 Å². The van der Waals surface area contributed by atoms with Gasteiger partial charge in [-0.3, -0.25) is 10.2 Å². The van der Waals surface area contributed by atoms with E-state index in [2.05, 4.69) is 10.1 Å². The molecule has 0 saturated heterocycles. The van der Waals surface area contributed by atoms with Crippen molar-refractivity contribution in [2.45, 2.75) is 12.6 Å². The van der Waals surface area contributed by atoms with Crippen molar-refractivity contribution < 1.29 is 32.2 Å². The highest BCUT2D eigenvalue weighted by atomic mass is 19.4. The predicted molar refractivity (Wildman–Crippen MR) is 69.6 cm³/mol. The van der Waals surface area contributed by atoms with E-state index in [-0.39, 0.29) is 13.2 Å². The number of hydrogen-bond donors (Lipinski definition) is 4. The van der Waals surface area contributed by atoms with Crippen molar-refractivity contribution >= 4 is 17.6 Å². The molecule has 0 aliphatic carbocycles. The molecule has 1 amide bonds. The molecule has 0 heterocycles. The Hall–Kier alpha value is -2.30. The quantitative estimate of drug-likeness (QED) is 0.193. The summed E-state index contributed by atoms with van der Waals surface area (Å²) in [7, 11) is 1.02. The zero-order valence-corrected chi connectivity index (χ0v) is 11.8. The molecule has 0 spiro atoms. The SMILES string of the molecule is COC(=O)C(=N)/C(N)=C(\NCCOCCC(F)(F)F)C(N)=O. The van der Waals surface area contributed by atoms with Crippen LogP contribution >= 0.6 is 0 Å². The van der Waals surface area contributed by atoms with Crippen molar-refractivity contribution in [2.75, 3.05) is 26.9 Å². The number of methoxy groups -OCH3 is 1. The summed E-state index contributed by atoms with van der Waals surface area (Å²) in [5.41, 5.74) is 8.75. The molecule has 0 unspecified atom stereocenters. The molecule has 0 aromatic carbocycles. The van der Waals surface area contributed by atoms with Crippen molar-refractivity contribution in [1.82, 2.24) is 5.32 Å². The first-order valence-corrected chi connectivity index (χ1v) is 5.95. The smallest absolute Gasteiger partial charge is 0.391 e. The number of ether oxygens (including phenoxy) is 2. The first-order valence-electron chi connectivity index (χ1n) is 5.95. The number of carbonyl (C=O) groups excluding carboxylic acids is 2. The summed E-state index contributed by atoms with van der Waals surface area (Å²) in [4.78, 5) is 22.3. The Morgan fingerprint density at radius 3 is 2.27 bits per heavy atom. The van der Waals surface area contributed by atoms with Crippen molar-refractivity contribution in [3.8, 4) is 0 Å². The molecule has 0 aromatic heterocycles. The standard InChI is InChI=1S/C11H17F3N4O4/c1-21-10(20)7(16)6(15)8(9(17)19)18-3-5-22-4-2-11(12,13)14/h16,18H,2-5,15H2,1H3,(H2,17,19)/b8-6+,16-7?. The number of esters is 1. The van der Waals surface area contributed by atoms with E-state index in [1.165, 1.54) is 0 Å². The van der Waals surface area contributed by atoms with Gasteiger partial charge in [-0.05, 0) is 0 Å². The monoisotopic (exact) mass is 326 g/mol. The van der Waals surface area contributed by atoms with Gasteiger partial charge in [0, 0.05) is 6.54 Å². The molecule has 0 aliphatic rings. The Labute approximate surface area is 124 Å². The molecule has 8 nitrogen and oxygen atoms in total. The van der Waals surface area contributed by atoms with Crippen molar-refractivity contribution in [1.29, 1.82) is 5.41 Å². The van der Waals surface area contributed by atoms with Gasteiger partial charge in [0.25, 0.3) is 5.91 Å². The number of nitrogens with one attached hydrogen (secondary N) is 2. The molecule has 6 N–H and O–H groups in total. The maximum atomic E-state index is 11.9. The van der Waals surface area contributed by atoms with Crippen LogP contribution in [0.4, 0.5) is 13.2 Å². The lowest BCUT2D eigenvalue weighted by Crippen LogP contribution is -2.35. The largest absolute Gasteiger partial charge is 0.464 e. The van der Waals surface area contributed by atoms with Crippen molar-refractivity contribution in [3.05, 3.63) is 11.4 Å². The van der Waals surface area contributed by atoms with Gasteiger partial charge in [-0.1, -0.05) is 0 Å². The lowest BCUT2D eigenvalue weighted by molar-refractivity contribution is -0.145. The summed E-state index contributed by atoms with van der Waals surface area (Å²) in [6.07, 6.45) is -5.41. The van der Waals surface area contributed by atoms with Crippen LogP contribution in [0.1, 0.15) is 6.42 Å². The fraction of sp³-hybridized carbons (Fsp3) is 0.545. The Balaban J connectivity index is 4.46. The van der Waals surface area contributed by atoms with Crippen LogP contribution in [0.25, 0.3) is 0 Å². The summed E-state index contributed by atoms with van der Waals surface area (Å²) < 4.78 is 44.5. The Bertz CT molecular complexity index is 463. The molecule has 11 heteroatoms. The summed E-state index contributed by atoms with van der Waals surface area (Å²) in [6.45, 7) is -0.786. The van der Waals surface area contributed by atoms with Crippen molar-refractivity contribution in [2.24, 2.45) is 11.5 Å². The lowest BCUT2D eigenvalue weighted by atomic mass is 10.2. The van der Waals surface area contributed by atoms with E-state index in [1.807, 2.05) is 0 Å². The maximum Gasteiger partial charge on any atom is 0.391 e. The van der Waals surface area contributed by atoms with Gasteiger partial charge in [0.15, 0.2) is 5.71 Å². The molecular formula is C11H17F3N4O4. The average molecular weight is 326 g/mol. The van der Waals surface area contributed by atoms with Gasteiger partial charge < -0.3 is 26.3 Å². The van der Waals surface area contributed by atoms with E-state index in [4.69, 9.17) is 21.6 Å². The third-order valence-corrected chi connectivity index (χ3v) is 2.25. The normalized spacial score (nSPS) is 12.4. The molecule has 0 aliphatic heterocycles. The lowest BCUT2D eigenvalue weighted by Gasteiger charge is -2.12. The summed E-state index contributed by atoms with van der Waals surface area (Å²) in [5.74, 6) is -2.11. The molecule has 0 bridgehead atoms. The highest BCUT2D eigenvalue weighted by Crippen LogP contribution is 2.18. The minimum Gasteiger partial charge on any atom is -0.464 e. The van der Waals surface area contributed by atoms with E-state index in [0.29, 0.717) is 0 Å². The molecule has 0 aromatic rings. The third kappa shape index (κ3) is 7.47. The first kappa shape index (κ1) is 19.7. The van der Waals surface area contributed by atoms with Crippen LogP contribution in [0.5, 0.6) is 0 Å². The molecule has 126 valence electrons. The second kappa shape index (κ2) is 8.87. The highest BCUT2D eigenvalue weighted by molar-refractivity contribution is 6.42. The van der Waals surface area contributed by atoms with E-state index < -0.39 is 48.2 Å². The summed E-state index contributed by atoms with van der Waals surface area (Å²) in [5, 5.41) is 9.78. The number of carbonyl (C=O) groups is 2. The van der Waals surface area contributed by atoms with E-state index in [9.17, 15) is 22.8 Å². The molecule has 0 rings (SSSR count). The molecular weight excluding hydrogens is 309 g/mol. The number of nitrogens with two attached hydrogens (primary N) is 2. The maximum absolute atomic E-state index is 11.9. The predicted octanol–water partition coefficient (Wildman–Crippen LogP) is -0.607. The third-order valence-electron chi connectivity index (χ3n) is 2.25. The molecule has 0 fully saturated rings. The zero-order chi connectivity index (χ0) is 17.3. The van der Waals surface area contributed by atoms with Crippen LogP contribution in [0.15, 0.2) is 11.4 Å². The Morgan fingerprint density at radius 2 is 1.82 bits per heavy atom. The van der Waals surface area contributed by atoms with Gasteiger partial charge in [-0.15, -0.1) is 0 Å². The number of rotatable bonds is 9. The molecule has 0 saturated carbocycles. The van der Waals surface area contributed by atoms with Gasteiger partial charge in [-0.2, -0.15) is 13.2 Å². The van der Waals surface area contributed by atoms with Gasteiger partial charge in [0.05, 0.1) is 32.4 Å². The number of amides is 1. The van der Waals surface area contributed by atoms with Crippen LogP contribution < -0.4 is 16.8 Å². The van der Waals surface area contributed by atoms with E-state index in [1.54, 1.807) is 0 Å². The second-order valence-electron chi connectivity index (χ2n) is 3.92. The first-order chi connectivity index (χ1) is 10.1. The van der Waals surface area contributed by atoms with Crippen LogP contribution in [-0.4, -0.2) is 50.6 Å². The van der Waals surface area contributed by atoms with Crippen LogP contribution in [0.2, 0.25) is 0 Å². The fourth-order valence-electron chi connectivity index (χ4n) is 1.19. The summed E-state index contributed by atoms with van der Waals surface area (Å²) >= 11 is 0. The average Bonchev–Trinajstić information content (AvgIpc) is 2.42. The van der Waals surface area contributed by atoms with Crippen LogP contribution in [-0.2, 0) is 19.1 Å². The van der Waals surface area contributed by atoms with Gasteiger partial charge >= 0.3 is 12.1 Å². The van der Waals surface area contributed by atoms with E-state index >= 15 is 0 Å². The Kier molecular flexibility index (Phi) is 7.94. The zero-order valence-electron chi connectivity index (χ0n) is 11.8. The van der Waals surface area contributed by atoms with Crippen LogP contribution in [0, 0.1) is 5.41 Å². The molecule has 22 heavy (non-hydrogen) atoms. The minimum absolute atomic E-state index is 0.0920. The number of primary amides is 1. The summed E-state index contributed by atoms with van der Waals surface area (Å²) in [6, 6.07) is 0. The van der Waals surface area contributed by atoms with Gasteiger partial charge in [-0.25, -0.2) is 4.79 Å². The minimum atomic E-state index is -4.31. The molecule has 0 atom stereocenters. The second-order valence-corrected chi connectivity index (χ2v) is 3.92. The van der Waals surface area contributed by atoms with Gasteiger partial charge in [0.1, 0.15) is 5.70 Å². The highest BCUT2D eigenvalue weighted by Gasteiger charge is 2.26. The number of hydrogen-bond acceptors (Lipinski definition) is 7. The van der Waals surface area contributed by atoms with Gasteiger partial charge in [0.2, 0.25) is 0 Å². The Morgan fingerprint density at radius 1 is 1.23 bits per heavy atom. The molecule has 0 radical (unpaired) electrons. The van der Waals surface area contributed by atoms with Crippen LogP contribution in [0.3, 0.4) is 0 Å². The topological polar surface area (TPSA) is 141 Å². The number of alkyl halides is 3. The van der Waals surface area contributed by atoms with Crippen molar-refractivity contribution in [3.63, 3.8) is 0 Å². The number of halogens is 3.